The van der Waals surface area contributed by atoms with E-state index in [2.05, 4.69) is 10.4 Å². The van der Waals surface area contributed by atoms with Gasteiger partial charge in [0.15, 0.2) is 0 Å². The first kappa shape index (κ1) is 20.0. The fourth-order valence-corrected chi connectivity index (χ4v) is 3.36. The van der Waals surface area contributed by atoms with Crippen LogP contribution >= 0.6 is 11.6 Å². The van der Waals surface area contributed by atoms with Gasteiger partial charge >= 0.3 is 0 Å². The number of hydrogen-bond acceptors (Lipinski definition) is 3. The Morgan fingerprint density at radius 3 is 2.54 bits per heavy atom. The van der Waals surface area contributed by atoms with E-state index in [1.165, 1.54) is 0 Å². The summed E-state index contributed by atoms with van der Waals surface area (Å²) in [5, 5.41) is 8.23. The average molecular weight is 398 g/mol. The molecule has 0 saturated heterocycles. The van der Waals surface area contributed by atoms with Gasteiger partial charge in [0.05, 0.1) is 24.9 Å². The summed E-state index contributed by atoms with van der Waals surface area (Å²) in [5.41, 5.74) is 4.29. The van der Waals surface area contributed by atoms with Crippen molar-refractivity contribution < 1.29 is 9.53 Å². The van der Waals surface area contributed by atoms with E-state index in [1.807, 2.05) is 67.1 Å². The molecule has 0 unspecified atom stereocenters. The number of nitrogens with zero attached hydrogens (tertiary/aromatic N) is 2. The Morgan fingerprint density at radius 2 is 1.86 bits per heavy atom. The van der Waals surface area contributed by atoms with Crippen LogP contribution in [0.15, 0.2) is 48.5 Å². The quantitative estimate of drug-likeness (QED) is 0.650. The number of aryl methyl sites for hydroxylation is 1. The maximum atomic E-state index is 12.7. The van der Waals surface area contributed by atoms with Gasteiger partial charge in [0.1, 0.15) is 5.75 Å². The van der Waals surface area contributed by atoms with Gasteiger partial charge in [-0.15, -0.1) is 0 Å². The summed E-state index contributed by atoms with van der Waals surface area (Å²) in [6.45, 7) is 4.86. The molecule has 3 aromatic rings. The predicted octanol–water partition coefficient (Wildman–Crippen LogP) is 4.18. The molecule has 1 amide bonds. The highest BCUT2D eigenvalue weighted by Crippen LogP contribution is 2.19. The van der Waals surface area contributed by atoms with E-state index in [4.69, 9.17) is 16.3 Å². The molecule has 6 heteroatoms. The molecule has 28 heavy (non-hydrogen) atoms. The molecule has 1 heterocycles. The van der Waals surface area contributed by atoms with Gasteiger partial charge in [-0.25, -0.2) is 0 Å². The third-order valence-electron chi connectivity index (χ3n) is 4.74. The summed E-state index contributed by atoms with van der Waals surface area (Å²) >= 11 is 6.25. The number of carbonyl (C=O) groups is 1. The lowest BCUT2D eigenvalue weighted by Crippen LogP contribution is -2.26. The molecule has 2 aromatic carbocycles. The number of ether oxygens (including phenoxy) is 1. The molecule has 1 aromatic heterocycles. The Kier molecular flexibility index (Phi) is 6.37. The lowest BCUT2D eigenvalue weighted by atomic mass is 10.1. The minimum atomic E-state index is -0.103. The van der Waals surface area contributed by atoms with Crippen molar-refractivity contribution >= 4 is 17.5 Å². The van der Waals surface area contributed by atoms with Gasteiger partial charge in [-0.1, -0.05) is 41.9 Å². The van der Waals surface area contributed by atoms with Gasteiger partial charge in [0, 0.05) is 17.3 Å². The number of nitrogens with one attached hydrogen (secondary N) is 1. The third-order valence-corrected chi connectivity index (χ3v) is 5.11. The molecule has 0 fully saturated rings. The highest BCUT2D eigenvalue weighted by atomic mass is 35.5. The van der Waals surface area contributed by atoms with Crippen molar-refractivity contribution in [1.82, 2.24) is 15.1 Å². The van der Waals surface area contributed by atoms with Crippen molar-refractivity contribution in [2.45, 2.75) is 26.8 Å². The van der Waals surface area contributed by atoms with Gasteiger partial charge in [0.25, 0.3) is 5.91 Å². The van der Waals surface area contributed by atoms with Crippen LogP contribution in [0.1, 0.15) is 32.9 Å². The molecule has 146 valence electrons. The SMILES string of the molecule is COc1ccc(CCNC(=O)c2c(C)nn(Cc3ccccc3Cl)c2C)cc1. The van der Waals surface area contributed by atoms with E-state index in [0.29, 0.717) is 29.4 Å². The molecule has 1 N–H and O–H groups in total. The van der Waals surface area contributed by atoms with Crippen molar-refractivity contribution in [2.24, 2.45) is 0 Å². The van der Waals surface area contributed by atoms with E-state index >= 15 is 0 Å². The highest BCUT2D eigenvalue weighted by molar-refractivity contribution is 6.31. The van der Waals surface area contributed by atoms with Crippen LogP contribution in [-0.2, 0) is 13.0 Å². The summed E-state index contributed by atoms with van der Waals surface area (Å²) in [4.78, 5) is 12.7. The van der Waals surface area contributed by atoms with Crippen LogP contribution in [0.25, 0.3) is 0 Å². The molecule has 0 bridgehead atoms. The Balaban J connectivity index is 1.65. The van der Waals surface area contributed by atoms with E-state index in [9.17, 15) is 4.79 Å². The molecular weight excluding hydrogens is 374 g/mol. The first-order chi connectivity index (χ1) is 13.5. The number of amides is 1. The number of hydrogen-bond donors (Lipinski definition) is 1. The lowest BCUT2D eigenvalue weighted by molar-refractivity contribution is 0.0953. The zero-order valence-electron chi connectivity index (χ0n) is 16.3. The molecule has 0 aliphatic carbocycles. The normalized spacial score (nSPS) is 10.7. The number of methoxy groups -OCH3 is 1. The van der Waals surface area contributed by atoms with Crippen molar-refractivity contribution in [2.75, 3.05) is 13.7 Å². The topological polar surface area (TPSA) is 56.1 Å². The van der Waals surface area contributed by atoms with Crippen LogP contribution in [0.4, 0.5) is 0 Å². The molecule has 0 spiro atoms. The Morgan fingerprint density at radius 1 is 1.14 bits per heavy atom. The summed E-state index contributed by atoms with van der Waals surface area (Å²) in [6.07, 6.45) is 0.752. The minimum absolute atomic E-state index is 0.103. The van der Waals surface area contributed by atoms with E-state index in [0.717, 1.165) is 29.0 Å². The summed E-state index contributed by atoms with van der Waals surface area (Å²) in [7, 11) is 1.64. The Hall–Kier alpha value is -2.79. The fraction of sp³-hybridized carbons (Fsp3) is 0.273. The largest absolute Gasteiger partial charge is 0.497 e. The van der Waals surface area contributed by atoms with Crippen molar-refractivity contribution in [3.05, 3.63) is 81.6 Å². The van der Waals surface area contributed by atoms with Crippen LogP contribution in [0, 0.1) is 13.8 Å². The second-order valence-electron chi connectivity index (χ2n) is 6.65. The van der Waals surface area contributed by atoms with Crippen LogP contribution in [0.2, 0.25) is 5.02 Å². The number of carbonyl (C=O) groups excluding carboxylic acids is 1. The third kappa shape index (κ3) is 4.54. The second kappa shape index (κ2) is 8.93. The van der Waals surface area contributed by atoms with E-state index in [1.54, 1.807) is 7.11 Å². The van der Waals surface area contributed by atoms with Gasteiger partial charge < -0.3 is 10.1 Å². The Labute approximate surface area is 170 Å². The van der Waals surface area contributed by atoms with Gasteiger partial charge in [-0.05, 0) is 49.6 Å². The van der Waals surface area contributed by atoms with Crippen LogP contribution < -0.4 is 10.1 Å². The number of halogens is 1. The predicted molar refractivity (Wildman–Crippen MR) is 111 cm³/mol. The molecular formula is C22H24ClN3O2. The fourth-order valence-electron chi connectivity index (χ4n) is 3.17. The monoisotopic (exact) mass is 397 g/mol. The van der Waals surface area contributed by atoms with Gasteiger partial charge in [-0.3, -0.25) is 9.48 Å². The van der Waals surface area contributed by atoms with Crippen LogP contribution in [-0.4, -0.2) is 29.3 Å². The Bertz CT molecular complexity index is 964. The van der Waals surface area contributed by atoms with Gasteiger partial charge in [-0.2, -0.15) is 5.10 Å². The molecule has 0 aliphatic rings. The molecule has 0 radical (unpaired) electrons. The standard InChI is InChI=1S/C22H24ClN3O2/c1-15-21(16(2)26(25-15)14-18-6-4-5-7-20(18)23)22(27)24-13-12-17-8-10-19(28-3)11-9-17/h4-11H,12-14H2,1-3H3,(H,24,27). The maximum Gasteiger partial charge on any atom is 0.255 e. The molecule has 5 nitrogen and oxygen atoms in total. The minimum Gasteiger partial charge on any atom is -0.497 e. The van der Waals surface area contributed by atoms with E-state index < -0.39 is 0 Å². The van der Waals surface area contributed by atoms with Crippen molar-refractivity contribution in [1.29, 1.82) is 0 Å². The van der Waals surface area contributed by atoms with Gasteiger partial charge in [0.2, 0.25) is 0 Å². The first-order valence-corrected chi connectivity index (χ1v) is 9.56. The summed E-state index contributed by atoms with van der Waals surface area (Å²) in [5.74, 6) is 0.721. The smallest absolute Gasteiger partial charge is 0.255 e. The van der Waals surface area contributed by atoms with Crippen LogP contribution in [0.5, 0.6) is 5.75 Å². The van der Waals surface area contributed by atoms with Crippen LogP contribution in [0.3, 0.4) is 0 Å². The molecule has 0 saturated carbocycles. The maximum absolute atomic E-state index is 12.7. The lowest BCUT2D eigenvalue weighted by Gasteiger charge is -2.08. The number of benzene rings is 2. The molecule has 0 aliphatic heterocycles. The zero-order chi connectivity index (χ0) is 20.1. The first-order valence-electron chi connectivity index (χ1n) is 9.18. The molecule has 0 atom stereocenters. The number of rotatable bonds is 7. The average Bonchev–Trinajstić information content (AvgIpc) is 2.97. The highest BCUT2D eigenvalue weighted by Gasteiger charge is 2.18. The summed E-state index contributed by atoms with van der Waals surface area (Å²) < 4.78 is 6.99. The summed E-state index contributed by atoms with van der Waals surface area (Å²) in [6, 6.07) is 15.5. The van der Waals surface area contributed by atoms with Crippen molar-refractivity contribution in [3.8, 4) is 5.75 Å². The van der Waals surface area contributed by atoms with E-state index in [-0.39, 0.29) is 5.91 Å². The zero-order valence-corrected chi connectivity index (χ0v) is 17.1. The second-order valence-corrected chi connectivity index (χ2v) is 7.06. The molecule has 3 rings (SSSR count). The van der Waals surface area contributed by atoms with Crippen molar-refractivity contribution in [3.63, 3.8) is 0 Å². The number of aromatic nitrogens is 2.